The summed E-state index contributed by atoms with van der Waals surface area (Å²) in [6.07, 6.45) is 3.32. The molecule has 1 saturated carbocycles. The lowest BCUT2D eigenvalue weighted by Gasteiger charge is -2.29. The van der Waals surface area contributed by atoms with Crippen LogP contribution in [0.15, 0.2) is 24.3 Å². The molecular weight excluding hydrogens is 238 g/mol. The standard InChI is InChI=1S/C15H21N3O/c1-11-4-2-3-5-13(11)17-15(14(16)19)8-9-18(10-15)12-6-7-12/h2-5,12,17H,6-10H2,1H3,(H2,16,19). The van der Waals surface area contributed by atoms with Crippen LogP contribution in [-0.2, 0) is 4.79 Å². The first-order valence-electron chi connectivity index (χ1n) is 6.98. The quantitative estimate of drug-likeness (QED) is 0.861. The van der Waals surface area contributed by atoms with E-state index in [9.17, 15) is 4.79 Å². The van der Waals surface area contributed by atoms with Crippen LogP contribution < -0.4 is 11.1 Å². The van der Waals surface area contributed by atoms with Crippen LogP contribution in [0, 0.1) is 6.92 Å². The number of benzene rings is 1. The molecule has 1 aromatic rings. The van der Waals surface area contributed by atoms with Crippen LogP contribution in [0.2, 0.25) is 0 Å². The third-order valence-corrected chi connectivity index (χ3v) is 4.35. The number of nitrogens with two attached hydrogens (primary N) is 1. The lowest BCUT2D eigenvalue weighted by Crippen LogP contribution is -2.52. The molecular formula is C15H21N3O. The summed E-state index contributed by atoms with van der Waals surface area (Å²) in [6, 6.07) is 8.73. The topological polar surface area (TPSA) is 58.4 Å². The van der Waals surface area contributed by atoms with Gasteiger partial charge in [-0.15, -0.1) is 0 Å². The van der Waals surface area contributed by atoms with Crippen molar-refractivity contribution in [2.75, 3.05) is 18.4 Å². The minimum atomic E-state index is -0.602. The van der Waals surface area contributed by atoms with Gasteiger partial charge in [0, 0.05) is 24.8 Å². The summed E-state index contributed by atoms with van der Waals surface area (Å²) in [4.78, 5) is 14.4. The molecule has 0 spiro atoms. The highest BCUT2D eigenvalue weighted by Crippen LogP contribution is 2.35. The van der Waals surface area contributed by atoms with Crippen molar-refractivity contribution in [1.29, 1.82) is 0 Å². The third kappa shape index (κ3) is 2.32. The minimum Gasteiger partial charge on any atom is -0.370 e. The van der Waals surface area contributed by atoms with E-state index in [0.29, 0.717) is 6.04 Å². The highest BCUT2D eigenvalue weighted by atomic mass is 16.1. The van der Waals surface area contributed by atoms with Crippen molar-refractivity contribution in [2.45, 2.75) is 37.8 Å². The van der Waals surface area contributed by atoms with Crippen molar-refractivity contribution < 1.29 is 4.79 Å². The zero-order valence-corrected chi connectivity index (χ0v) is 11.4. The number of anilines is 1. The van der Waals surface area contributed by atoms with Crippen molar-refractivity contribution in [1.82, 2.24) is 4.90 Å². The Morgan fingerprint density at radius 1 is 1.42 bits per heavy atom. The Morgan fingerprint density at radius 3 is 2.79 bits per heavy atom. The molecule has 3 N–H and O–H groups in total. The van der Waals surface area contributed by atoms with Crippen molar-refractivity contribution in [3.8, 4) is 0 Å². The molecule has 2 aliphatic rings. The van der Waals surface area contributed by atoms with Gasteiger partial charge in [0.2, 0.25) is 5.91 Å². The number of likely N-dealkylation sites (tertiary alicyclic amines) is 1. The lowest BCUT2D eigenvalue weighted by atomic mass is 9.96. The molecule has 0 radical (unpaired) electrons. The highest BCUT2D eigenvalue weighted by molar-refractivity contribution is 5.89. The summed E-state index contributed by atoms with van der Waals surface area (Å²) in [6.45, 7) is 3.75. The molecule has 1 aliphatic carbocycles. The molecule has 1 saturated heterocycles. The molecule has 1 heterocycles. The van der Waals surface area contributed by atoms with Crippen molar-refractivity contribution in [2.24, 2.45) is 5.73 Å². The number of para-hydroxylation sites is 1. The maximum atomic E-state index is 12.0. The maximum absolute atomic E-state index is 12.0. The van der Waals surface area contributed by atoms with E-state index < -0.39 is 5.54 Å². The van der Waals surface area contributed by atoms with Gasteiger partial charge in [-0.05, 0) is 37.8 Å². The van der Waals surface area contributed by atoms with Gasteiger partial charge in [0.15, 0.2) is 0 Å². The second-order valence-corrected chi connectivity index (χ2v) is 5.84. The Hall–Kier alpha value is -1.55. The van der Waals surface area contributed by atoms with E-state index in [0.717, 1.165) is 30.8 Å². The number of carbonyl (C=O) groups is 1. The van der Waals surface area contributed by atoms with E-state index in [2.05, 4.69) is 10.2 Å². The average molecular weight is 259 g/mol. The van der Waals surface area contributed by atoms with Gasteiger partial charge in [0.25, 0.3) is 0 Å². The van der Waals surface area contributed by atoms with Crippen LogP contribution in [0.3, 0.4) is 0 Å². The number of nitrogens with one attached hydrogen (secondary N) is 1. The van der Waals surface area contributed by atoms with Crippen molar-refractivity contribution in [3.05, 3.63) is 29.8 Å². The van der Waals surface area contributed by atoms with E-state index in [1.165, 1.54) is 12.8 Å². The van der Waals surface area contributed by atoms with Gasteiger partial charge in [0.1, 0.15) is 5.54 Å². The third-order valence-electron chi connectivity index (χ3n) is 4.35. The molecule has 2 fully saturated rings. The Labute approximate surface area is 114 Å². The van der Waals surface area contributed by atoms with Crippen molar-refractivity contribution >= 4 is 11.6 Å². The monoisotopic (exact) mass is 259 g/mol. The fourth-order valence-corrected chi connectivity index (χ4v) is 2.93. The van der Waals surface area contributed by atoms with Gasteiger partial charge in [-0.25, -0.2) is 0 Å². The van der Waals surface area contributed by atoms with E-state index in [-0.39, 0.29) is 5.91 Å². The fraction of sp³-hybridized carbons (Fsp3) is 0.533. The zero-order valence-electron chi connectivity index (χ0n) is 11.4. The number of carbonyl (C=O) groups excluding carboxylic acids is 1. The van der Waals surface area contributed by atoms with Crippen molar-refractivity contribution in [3.63, 3.8) is 0 Å². The van der Waals surface area contributed by atoms with Gasteiger partial charge in [-0.2, -0.15) is 0 Å². The average Bonchev–Trinajstić information content (AvgIpc) is 3.14. The van der Waals surface area contributed by atoms with Gasteiger partial charge >= 0.3 is 0 Å². The molecule has 4 heteroatoms. The number of rotatable bonds is 4. The van der Waals surface area contributed by atoms with Gasteiger partial charge in [0.05, 0.1) is 0 Å². The summed E-state index contributed by atoms with van der Waals surface area (Å²) in [7, 11) is 0. The number of hydrogen-bond donors (Lipinski definition) is 2. The number of nitrogens with zero attached hydrogens (tertiary/aromatic N) is 1. The number of hydrogen-bond acceptors (Lipinski definition) is 3. The largest absolute Gasteiger partial charge is 0.370 e. The Bertz CT molecular complexity index is 498. The predicted octanol–water partition coefficient (Wildman–Crippen LogP) is 1.50. The smallest absolute Gasteiger partial charge is 0.244 e. The molecule has 19 heavy (non-hydrogen) atoms. The molecule has 0 aromatic heterocycles. The first-order chi connectivity index (χ1) is 9.11. The lowest BCUT2D eigenvalue weighted by molar-refractivity contribution is -0.121. The van der Waals surface area contributed by atoms with E-state index >= 15 is 0 Å². The summed E-state index contributed by atoms with van der Waals surface area (Å²) in [5.41, 5.74) is 7.24. The van der Waals surface area contributed by atoms with E-state index in [1.807, 2.05) is 31.2 Å². The minimum absolute atomic E-state index is 0.237. The van der Waals surface area contributed by atoms with Crippen LogP contribution in [0.1, 0.15) is 24.8 Å². The van der Waals surface area contributed by atoms with Crippen LogP contribution in [0.4, 0.5) is 5.69 Å². The molecule has 1 aliphatic heterocycles. The van der Waals surface area contributed by atoms with E-state index in [4.69, 9.17) is 5.73 Å². The summed E-state index contributed by atoms with van der Waals surface area (Å²) >= 11 is 0. The van der Waals surface area contributed by atoms with E-state index in [1.54, 1.807) is 0 Å². The molecule has 102 valence electrons. The zero-order chi connectivity index (χ0) is 13.5. The second kappa shape index (κ2) is 4.53. The second-order valence-electron chi connectivity index (χ2n) is 5.84. The van der Waals surface area contributed by atoms with Gasteiger partial charge < -0.3 is 11.1 Å². The molecule has 4 nitrogen and oxygen atoms in total. The molecule has 3 rings (SSSR count). The summed E-state index contributed by atoms with van der Waals surface area (Å²) < 4.78 is 0. The number of aryl methyl sites for hydroxylation is 1. The number of amides is 1. The molecule has 1 aromatic carbocycles. The maximum Gasteiger partial charge on any atom is 0.244 e. The first kappa shape index (κ1) is 12.5. The normalized spacial score (nSPS) is 27.4. The number of primary amides is 1. The molecule has 1 atom stereocenters. The van der Waals surface area contributed by atoms with Crippen LogP contribution in [0.25, 0.3) is 0 Å². The SMILES string of the molecule is Cc1ccccc1NC1(C(N)=O)CCN(C2CC2)C1. The fourth-order valence-electron chi connectivity index (χ4n) is 2.93. The molecule has 1 amide bonds. The Balaban J connectivity index is 1.82. The van der Waals surface area contributed by atoms with Crippen LogP contribution in [-0.4, -0.2) is 35.5 Å². The summed E-state index contributed by atoms with van der Waals surface area (Å²) in [5, 5.41) is 3.42. The Morgan fingerprint density at radius 2 is 2.16 bits per heavy atom. The highest BCUT2D eigenvalue weighted by Gasteiger charge is 2.47. The summed E-state index contributed by atoms with van der Waals surface area (Å²) in [5.74, 6) is -0.237. The predicted molar refractivity (Wildman–Crippen MR) is 75.9 cm³/mol. The van der Waals surface area contributed by atoms with Gasteiger partial charge in [-0.3, -0.25) is 9.69 Å². The Kier molecular flexibility index (Phi) is 2.97. The first-order valence-corrected chi connectivity index (χ1v) is 6.98. The molecule has 1 unspecified atom stereocenters. The van der Waals surface area contributed by atoms with Crippen LogP contribution in [0.5, 0.6) is 0 Å². The van der Waals surface area contributed by atoms with Gasteiger partial charge in [-0.1, -0.05) is 18.2 Å². The molecule has 0 bridgehead atoms. The van der Waals surface area contributed by atoms with Crippen LogP contribution >= 0.6 is 0 Å².